The Bertz CT molecular complexity index is 1180. The first-order valence-corrected chi connectivity index (χ1v) is 12.3. The van der Waals surface area contributed by atoms with Crippen molar-refractivity contribution in [2.24, 2.45) is 0 Å². The molecule has 0 radical (unpaired) electrons. The van der Waals surface area contributed by atoms with E-state index in [-0.39, 0.29) is 5.91 Å². The van der Waals surface area contributed by atoms with Crippen molar-refractivity contribution in [2.75, 3.05) is 38.7 Å². The van der Waals surface area contributed by atoms with Crippen LogP contribution < -0.4 is 10.6 Å². The molecular weight excluding hydrogens is 426 g/mol. The Kier molecular flexibility index (Phi) is 6.74. The Morgan fingerprint density at radius 3 is 2.88 bits per heavy atom. The van der Waals surface area contributed by atoms with Crippen molar-refractivity contribution in [3.63, 3.8) is 0 Å². The maximum atomic E-state index is 12.5. The van der Waals surface area contributed by atoms with Gasteiger partial charge in [0, 0.05) is 49.4 Å². The van der Waals surface area contributed by atoms with Gasteiger partial charge in [-0.3, -0.25) is 9.69 Å². The lowest BCUT2D eigenvalue weighted by atomic mass is 9.97. The molecule has 34 heavy (non-hydrogen) atoms. The van der Waals surface area contributed by atoms with Crippen LogP contribution in [-0.4, -0.2) is 66.2 Å². The first-order chi connectivity index (χ1) is 16.6. The molecule has 1 aromatic heterocycles. The van der Waals surface area contributed by atoms with Crippen LogP contribution >= 0.6 is 0 Å². The lowest BCUT2D eigenvalue weighted by Gasteiger charge is -2.24. The van der Waals surface area contributed by atoms with Crippen LogP contribution in [0.3, 0.4) is 0 Å². The highest BCUT2D eigenvalue weighted by molar-refractivity contribution is 5.96. The third kappa shape index (κ3) is 5.21. The molecule has 2 fully saturated rings. The van der Waals surface area contributed by atoms with Crippen LogP contribution in [0, 0.1) is 6.92 Å². The molecule has 2 heterocycles. The summed E-state index contributed by atoms with van der Waals surface area (Å²) in [5, 5.41) is 7.49. The molecule has 1 aliphatic heterocycles. The number of amides is 1. The van der Waals surface area contributed by atoms with E-state index in [9.17, 15) is 4.79 Å². The van der Waals surface area contributed by atoms with Crippen molar-refractivity contribution in [2.45, 2.75) is 44.7 Å². The number of anilines is 1. The number of nitrogens with one attached hydrogen (secondary N) is 2. The minimum atomic E-state index is 0.00615. The van der Waals surface area contributed by atoms with Crippen LogP contribution in [0.5, 0.6) is 0 Å². The first-order valence-electron chi connectivity index (χ1n) is 12.3. The van der Waals surface area contributed by atoms with Gasteiger partial charge in [0.25, 0.3) is 5.91 Å². The maximum Gasteiger partial charge on any atom is 0.251 e. The van der Waals surface area contributed by atoms with Crippen LogP contribution in [0.2, 0.25) is 0 Å². The van der Waals surface area contributed by atoms with Gasteiger partial charge in [-0.25, -0.2) is 9.97 Å². The summed E-state index contributed by atoms with van der Waals surface area (Å²) in [6.45, 7) is 5.76. The van der Waals surface area contributed by atoms with Gasteiger partial charge in [0.2, 0.25) is 5.95 Å². The number of methoxy groups -OCH3 is 1. The molecular formula is C27H33N5O2. The number of ether oxygens (including phenoxy) is 1. The number of hydrogen-bond donors (Lipinski definition) is 2. The number of rotatable bonds is 9. The highest BCUT2D eigenvalue weighted by Crippen LogP contribution is 2.28. The molecule has 1 saturated heterocycles. The zero-order valence-electron chi connectivity index (χ0n) is 20.0. The van der Waals surface area contributed by atoms with Gasteiger partial charge in [0.05, 0.1) is 12.1 Å². The summed E-state index contributed by atoms with van der Waals surface area (Å²) in [4.78, 5) is 24.3. The van der Waals surface area contributed by atoms with Gasteiger partial charge in [-0.05, 0) is 80.1 Å². The molecule has 1 atom stereocenters. The summed E-state index contributed by atoms with van der Waals surface area (Å²) in [5.41, 5.74) is 4.87. The molecule has 5 rings (SSSR count). The monoisotopic (exact) mass is 459 g/mol. The summed E-state index contributed by atoms with van der Waals surface area (Å²) < 4.78 is 5.24. The molecule has 1 amide bonds. The third-order valence-electron chi connectivity index (χ3n) is 6.88. The van der Waals surface area contributed by atoms with E-state index >= 15 is 0 Å². The summed E-state index contributed by atoms with van der Waals surface area (Å²) in [6.07, 6.45) is 6.45. The number of carbonyl (C=O) groups excluding carboxylic acids is 1. The second-order valence-corrected chi connectivity index (χ2v) is 9.45. The Hall–Kier alpha value is -3.03. The van der Waals surface area contributed by atoms with Gasteiger partial charge in [-0.2, -0.15) is 0 Å². The van der Waals surface area contributed by atoms with Crippen LogP contribution in [0.4, 0.5) is 5.95 Å². The molecule has 3 aromatic rings. The van der Waals surface area contributed by atoms with E-state index in [1.165, 1.54) is 12.8 Å². The summed E-state index contributed by atoms with van der Waals surface area (Å²) >= 11 is 0. The SMILES string of the molecule is COCCN1CCC[C@@H]1CNc1ncc2cc(-c3cc(C(=O)NC4CC4)ccc3C)ccc2n1. The summed E-state index contributed by atoms with van der Waals surface area (Å²) in [6, 6.07) is 13.0. The molecule has 2 aromatic carbocycles. The average molecular weight is 460 g/mol. The van der Waals surface area contributed by atoms with E-state index in [1.54, 1.807) is 7.11 Å². The average Bonchev–Trinajstić information content (AvgIpc) is 3.56. The Morgan fingerprint density at radius 1 is 1.18 bits per heavy atom. The predicted molar refractivity (Wildman–Crippen MR) is 135 cm³/mol. The minimum absolute atomic E-state index is 0.00615. The van der Waals surface area contributed by atoms with Crippen molar-refractivity contribution in [1.82, 2.24) is 20.2 Å². The van der Waals surface area contributed by atoms with Crippen molar-refractivity contribution < 1.29 is 9.53 Å². The van der Waals surface area contributed by atoms with Crippen molar-refractivity contribution in [3.8, 4) is 11.1 Å². The molecule has 1 saturated carbocycles. The predicted octanol–water partition coefficient (Wildman–Crippen LogP) is 4.02. The molecule has 178 valence electrons. The minimum Gasteiger partial charge on any atom is -0.383 e. The molecule has 0 bridgehead atoms. The van der Waals surface area contributed by atoms with Crippen molar-refractivity contribution in [1.29, 1.82) is 0 Å². The maximum absolute atomic E-state index is 12.5. The molecule has 2 aliphatic rings. The van der Waals surface area contributed by atoms with E-state index in [2.05, 4.69) is 39.6 Å². The lowest BCUT2D eigenvalue weighted by Crippen LogP contribution is -2.37. The summed E-state index contributed by atoms with van der Waals surface area (Å²) in [7, 11) is 1.75. The largest absolute Gasteiger partial charge is 0.383 e. The van der Waals surface area contributed by atoms with E-state index in [0.717, 1.165) is 66.7 Å². The zero-order chi connectivity index (χ0) is 23.5. The van der Waals surface area contributed by atoms with Gasteiger partial charge < -0.3 is 15.4 Å². The van der Waals surface area contributed by atoms with Gasteiger partial charge >= 0.3 is 0 Å². The summed E-state index contributed by atoms with van der Waals surface area (Å²) in [5.74, 6) is 0.667. The number of aromatic nitrogens is 2. The quantitative estimate of drug-likeness (QED) is 0.503. The molecule has 7 nitrogen and oxygen atoms in total. The molecule has 2 N–H and O–H groups in total. The lowest BCUT2D eigenvalue weighted by molar-refractivity contribution is 0.0951. The van der Waals surface area contributed by atoms with E-state index in [1.807, 2.05) is 30.5 Å². The Morgan fingerprint density at radius 2 is 2.06 bits per heavy atom. The molecule has 7 heteroatoms. The fourth-order valence-corrected chi connectivity index (χ4v) is 4.70. The van der Waals surface area contributed by atoms with E-state index in [0.29, 0.717) is 23.6 Å². The van der Waals surface area contributed by atoms with E-state index in [4.69, 9.17) is 9.72 Å². The number of hydrogen-bond acceptors (Lipinski definition) is 6. The van der Waals surface area contributed by atoms with Crippen LogP contribution in [0.1, 0.15) is 41.6 Å². The van der Waals surface area contributed by atoms with Crippen LogP contribution in [-0.2, 0) is 4.74 Å². The second-order valence-electron chi connectivity index (χ2n) is 9.45. The number of aryl methyl sites for hydroxylation is 1. The van der Waals surface area contributed by atoms with Crippen LogP contribution in [0.25, 0.3) is 22.0 Å². The topological polar surface area (TPSA) is 79.4 Å². The van der Waals surface area contributed by atoms with Gasteiger partial charge in [-0.15, -0.1) is 0 Å². The third-order valence-corrected chi connectivity index (χ3v) is 6.88. The van der Waals surface area contributed by atoms with Gasteiger partial charge in [0.1, 0.15) is 0 Å². The number of nitrogens with zero attached hydrogens (tertiary/aromatic N) is 3. The van der Waals surface area contributed by atoms with Crippen LogP contribution in [0.15, 0.2) is 42.6 Å². The Labute approximate surface area is 200 Å². The highest BCUT2D eigenvalue weighted by Gasteiger charge is 2.25. The molecule has 1 aliphatic carbocycles. The highest BCUT2D eigenvalue weighted by atomic mass is 16.5. The van der Waals surface area contributed by atoms with Gasteiger partial charge in [-0.1, -0.05) is 12.1 Å². The zero-order valence-corrected chi connectivity index (χ0v) is 20.0. The Balaban J connectivity index is 1.30. The van der Waals surface area contributed by atoms with Crippen molar-refractivity contribution >= 4 is 22.8 Å². The van der Waals surface area contributed by atoms with Gasteiger partial charge in [0.15, 0.2) is 0 Å². The number of carbonyl (C=O) groups is 1. The van der Waals surface area contributed by atoms with E-state index < -0.39 is 0 Å². The first kappa shape index (κ1) is 22.7. The molecule has 0 unspecified atom stereocenters. The number of likely N-dealkylation sites (tertiary alicyclic amines) is 1. The number of benzene rings is 2. The normalized spacial score (nSPS) is 18.4. The second kappa shape index (κ2) is 10.1. The van der Waals surface area contributed by atoms with Crippen molar-refractivity contribution in [3.05, 3.63) is 53.7 Å². The smallest absolute Gasteiger partial charge is 0.251 e. The standard InChI is InChI=1S/C27H33N5O2/c1-18-5-6-20(26(33)30-22-8-9-22)15-24(18)19-7-10-25-21(14-19)16-28-27(31-25)29-17-23-4-3-11-32(23)12-13-34-2/h5-7,10,14-16,22-23H,3-4,8-9,11-13,17H2,1-2H3,(H,30,33)(H,28,29,31)/t23-/m1/s1. The number of fused-ring (bicyclic) bond motifs is 1. The fourth-order valence-electron chi connectivity index (χ4n) is 4.70. The molecule has 0 spiro atoms. The fraction of sp³-hybridized carbons (Fsp3) is 0.444.